The molecule has 0 aliphatic carbocycles. The van der Waals surface area contributed by atoms with E-state index >= 15 is 0 Å². The van der Waals surface area contributed by atoms with E-state index in [1.165, 1.54) is 17.7 Å². The number of ether oxygens (including phenoxy) is 1. The second-order valence-electron chi connectivity index (χ2n) is 4.49. The van der Waals surface area contributed by atoms with Crippen molar-refractivity contribution in [2.24, 2.45) is 0 Å². The molecule has 0 spiro atoms. The van der Waals surface area contributed by atoms with Gasteiger partial charge in [0.25, 0.3) is 0 Å². The Hall–Kier alpha value is -1.22. The summed E-state index contributed by atoms with van der Waals surface area (Å²) in [6.45, 7) is 2.39. The number of aliphatic hydroxyl groups is 1. The van der Waals surface area contributed by atoms with Crippen molar-refractivity contribution in [2.75, 3.05) is 31.7 Å². The van der Waals surface area contributed by atoms with E-state index in [9.17, 15) is 0 Å². The van der Waals surface area contributed by atoms with Gasteiger partial charge in [-0.25, -0.2) is 0 Å². The fourth-order valence-corrected chi connectivity index (χ4v) is 2.50. The third-order valence-corrected chi connectivity index (χ3v) is 3.33. The molecule has 0 amide bonds. The van der Waals surface area contributed by atoms with Gasteiger partial charge in [-0.15, -0.1) is 0 Å². The van der Waals surface area contributed by atoms with Crippen LogP contribution in [0.4, 0.5) is 5.69 Å². The number of benzene rings is 1. The maximum atomic E-state index is 8.85. The monoisotopic (exact) mass is 235 g/mol. The van der Waals surface area contributed by atoms with Gasteiger partial charge in [0.2, 0.25) is 0 Å². The Morgan fingerprint density at radius 2 is 2.24 bits per heavy atom. The van der Waals surface area contributed by atoms with E-state index in [0.29, 0.717) is 0 Å². The molecule has 0 bridgehead atoms. The van der Waals surface area contributed by atoms with Gasteiger partial charge in [0, 0.05) is 19.7 Å². The minimum atomic E-state index is 0.284. The summed E-state index contributed by atoms with van der Waals surface area (Å²) in [5, 5.41) is 8.85. The third-order valence-electron chi connectivity index (χ3n) is 3.33. The number of rotatable bonds is 5. The van der Waals surface area contributed by atoms with Crippen molar-refractivity contribution < 1.29 is 9.84 Å². The summed E-state index contributed by atoms with van der Waals surface area (Å²) in [6, 6.07) is 6.29. The fourth-order valence-electron chi connectivity index (χ4n) is 2.50. The van der Waals surface area contributed by atoms with Crippen LogP contribution in [-0.4, -0.2) is 31.9 Å². The van der Waals surface area contributed by atoms with Gasteiger partial charge < -0.3 is 14.7 Å². The summed E-state index contributed by atoms with van der Waals surface area (Å²) >= 11 is 0. The van der Waals surface area contributed by atoms with Crippen molar-refractivity contribution in [1.29, 1.82) is 0 Å². The SMILES string of the molecule is COc1cccc2c1N(CCCCO)CCC2. The first-order valence-corrected chi connectivity index (χ1v) is 6.38. The van der Waals surface area contributed by atoms with Crippen molar-refractivity contribution in [3.63, 3.8) is 0 Å². The lowest BCUT2D eigenvalue weighted by molar-refractivity contribution is 0.285. The quantitative estimate of drug-likeness (QED) is 0.794. The van der Waals surface area contributed by atoms with Crippen LogP contribution < -0.4 is 9.64 Å². The highest BCUT2D eigenvalue weighted by Crippen LogP contribution is 2.36. The predicted octanol–water partition coefficient (Wildman–Crippen LogP) is 2.22. The Balaban J connectivity index is 2.17. The minimum absolute atomic E-state index is 0.284. The smallest absolute Gasteiger partial charge is 0.142 e. The van der Waals surface area contributed by atoms with Crippen LogP contribution in [-0.2, 0) is 6.42 Å². The Labute approximate surface area is 103 Å². The van der Waals surface area contributed by atoms with Gasteiger partial charge in [-0.3, -0.25) is 0 Å². The molecule has 0 saturated heterocycles. The number of unbranched alkanes of at least 4 members (excludes halogenated alkanes) is 1. The number of methoxy groups -OCH3 is 1. The Morgan fingerprint density at radius 3 is 3.00 bits per heavy atom. The average molecular weight is 235 g/mol. The highest BCUT2D eigenvalue weighted by Gasteiger charge is 2.19. The molecule has 0 aromatic heterocycles. The average Bonchev–Trinajstić information content (AvgIpc) is 2.38. The summed E-state index contributed by atoms with van der Waals surface area (Å²) in [4.78, 5) is 2.40. The lowest BCUT2D eigenvalue weighted by Crippen LogP contribution is -2.30. The zero-order chi connectivity index (χ0) is 12.1. The lowest BCUT2D eigenvalue weighted by atomic mass is 10.0. The first-order chi connectivity index (χ1) is 8.36. The molecule has 0 radical (unpaired) electrons. The molecule has 1 aliphatic heterocycles. The molecule has 0 atom stereocenters. The first kappa shape index (κ1) is 12.2. The molecular formula is C14H21NO2. The molecular weight excluding hydrogens is 214 g/mol. The van der Waals surface area contributed by atoms with Crippen molar-refractivity contribution in [1.82, 2.24) is 0 Å². The molecule has 1 aromatic rings. The Bertz CT molecular complexity index is 351. The van der Waals surface area contributed by atoms with E-state index < -0.39 is 0 Å². The zero-order valence-electron chi connectivity index (χ0n) is 10.5. The molecule has 3 nitrogen and oxygen atoms in total. The molecule has 1 heterocycles. The highest BCUT2D eigenvalue weighted by atomic mass is 16.5. The lowest BCUT2D eigenvalue weighted by Gasteiger charge is -2.32. The third kappa shape index (κ3) is 2.72. The van der Waals surface area contributed by atoms with Crippen LogP contribution in [0.1, 0.15) is 24.8 Å². The number of fused-ring (bicyclic) bond motifs is 1. The van der Waals surface area contributed by atoms with Crippen LogP contribution in [0, 0.1) is 0 Å². The van der Waals surface area contributed by atoms with E-state index in [2.05, 4.69) is 17.0 Å². The molecule has 0 saturated carbocycles. The molecule has 94 valence electrons. The van der Waals surface area contributed by atoms with Gasteiger partial charge in [-0.2, -0.15) is 0 Å². The van der Waals surface area contributed by atoms with Crippen molar-refractivity contribution >= 4 is 5.69 Å². The van der Waals surface area contributed by atoms with E-state index in [-0.39, 0.29) is 6.61 Å². The Morgan fingerprint density at radius 1 is 1.35 bits per heavy atom. The van der Waals surface area contributed by atoms with Gasteiger partial charge in [0.1, 0.15) is 5.75 Å². The highest BCUT2D eigenvalue weighted by molar-refractivity contribution is 5.65. The maximum Gasteiger partial charge on any atom is 0.142 e. The summed E-state index contributed by atoms with van der Waals surface area (Å²) < 4.78 is 5.46. The normalized spacial score (nSPS) is 14.6. The summed E-state index contributed by atoms with van der Waals surface area (Å²) in [5.41, 5.74) is 2.65. The molecule has 17 heavy (non-hydrogen) atoms. The number of hydrogen-bond acceptors (Lipinski definition) is 3. The van der Waals surface area contributed by atoms with Gasteiger partial charge >= 0.3 is 0 Å². The van der Waals surface area contributed by atoms with Crippen LogP contribution >= 0.6 is 0 Å². The number of hydrogen-bond donors (Lipinski definition) is 1. The molecule has 2 rings (SSSR count). The van der Waals surface area contributed by atoms with E-state index in [1.54, 1.807) is 7.11 Å². The predicted molar refractivity (Wildman–Crippen MR) is 69.8 cm³/mol. The maximum absolute atomic E-state index is 8.85. The van der Waals surface area contributed by atoms with E-state index in [4.69, 9.17) is 9.84 Å². The van der Waals surface area contributed by atoms with Crippen LogP contribution in [0.2, 0.25) is 0 Å². The van der Waals surface area contributed by atoms with Crippen LogP contribution in [0.5, 0.6) is 5.75 Å². The summed E-state index contributed by atoms with van der Waals surface area (Å²) in [6.07, 6.45) is 4.26. The fraction of sp³-hybridized carbons (Fsp3) is 0.571. The first-order valence-electron chi connectivity index (χ1n) is 6.38. The van der Waals surface area contributed by atoms with E-state index in [0.717, 1.165) is 38.1 Å². The van der Waals surface area contributed by atoms with Crippen LogP contribution in [0.25, 0.3) is 0 Å². The largest absolute Gasteiger partial charge is 0.495 e. The Kier molecular flexibility index (Phi) is 4.26. The second kappa shape index (κ2) is 5.92. The van der Waals surface area contributed by atoms with Gasteiger partial charge in [0.05, 0.1) is 12.8 Å². The number of aliphatic hydroxyl groups excluding tert-OH is 1. The molecule has 1 aromatic carbocycles. The standard InChI is InChI=1S/C14H21NO2/c1-17-13-8-4-6-12-7-5-10-15(14(12)13)9-2-3-11-16/h4,6,8,16H,2-3,5,7,9-11H2,1H3. The minimum Gasteiger partial charge on any atom is -0.495 e. The second-order valence-corrected chi connectivity index (χ2v) is 4.49. The molecule has 1 aliphatic rings. The number of nitrogens with zero attached hydrogens (tertiary/aromatic N) is 1. The molecule has 1 N–H and O–H groups in total. The van der Waals surface area contributed by atoms with Crippen molar-refractivity contribution in [3.8, 4) is 5.75 Å². The molecule has 0 fully saturated rings. The van der Waals surface area contributed by atoms with Crippen LogP contribution in [0.3, 0.4) is 0 Å². The number of aryl methyl sites for hydroxylation is 1. The molecule has 0 unspecified atom stereocenters. The van der Waals surface area contributed by atoms with Crippen LogP contribution in [0.15, 0.2) is 18.2 Å². The van der Waals surface area contributed by atoms with E-state index in [1.807, 2.05) is 6.07 Å². The van der Waals surface area contributed by atoms with Gasteiger partial charge in [-0.1, -0.05) is 12.1 Å². The number of anilines is 1. The summed E-state index contributed by atoms with van der Waals surface area (Å²) in [7, 11) is 1.73. The summed E-state index contributed by atoms with van der Waals surface area (Å²) in [5.74, 6) is 0.978. The topological polar surface area (TPSA) is 32.7 Å². The van der Waals surface area contributed by atoms with Crippen molar-refractivity contribution in [2.45, 2.75) is 25.7 Å². The molecule has 3 heteroatoms. The zero-order valence-corrected chi connectivity index (χ0v) is 10.5. The van der Waals surface area contributed by atoms with Gasteiger partial charge in [-0.05, 0) is 37.3 Å². The number of para-hydroxylation sites is 1. The van der Waals surface area contributed by atoms with Crippen molar-refractivity contribution in [3.05, 3.63) is 23.8 Å². The van der Waals surface area contributed by atoms with Gasteiger partial charge in [0.15, 0.2) is 0 Å².